The maximum absolute atomic E-state index is 12.5. The van der Waals surface area contributed by atoms with Crippen molar-refractivity contribution in [3.05, 3.63) is 24.3 Å². The summed E-state index contributed by atoms with van der Waals surface area (Å²) < 4.78 is 37.5. The molecule has 0 N–H and O–H groups in total. The first-order valence-electron chi connectivity index (χ1n) is 3.52. The lowest BCUT2D eigenvalue weighted by Gasteiger charge is -2.33. The second-order valence-corrected chi connectivity index (χ2v) is 3.18. The highest BCUT2D eigenvalue weighted by Crippen LogP contribution is 2.47. The van der Waals surface area contributed by atoms with E-state index in [0.717, 1.165) is 6.92 Å². The van der Waals surface area contributed by atoms with Gasteiger partial charge in [-0.1, -0.05) is 24.3 Å². The molecule has 0 heterocycles. The number of alkyl halides is 3. The molecule has 12 heavy (non-hydrogen) atoms. The van der Waals surface area contributed by atoms with Gasteiger partial charge in [-0.25, -0.2) is 0 Å². The molecule has 0 bridgehead atoms. The lowest BCUT2D eigenvalue weighted by molar-refractivity contribution is -0.190. The molecule has 0 aromatic carbocycles. The minimum Gasteiger partial charge on any atom is -0.170 e. The zero-order valence-corrected chi connectivity index (χ0v) is 7.55. The van der Waals surface area contributed by atoms with Gasteiger partial charge in [0.1, 0.15) is 5.41 Å². The highest BCUT2D eigenvalue weighted by Gasteiger charge is 2.52. The first kappa shape index (κ1) is 11.3. The molecule has 0 unspecified atom stereocenters. The summed E-state index contributed by atoms with van der Waals surface area (Å²) in [5.41, 5.74) is -1.81. The minimum atomic E-state index is -4.30. The Hall–Kier alpha value is -0.730. The van der Waals surface area contributed by atoms with Gasteiger partial charge < -0.3 is 0 Å². The summed E-state index contributed by atoms with van der Waals surface area (Å²) in [6.45, 7) is 10.5. The van der Waals surface area contributed by atoms with Crippen molar-refractivity contribution in [3.8, 4) is 0 Å². The van der Waals surface area contributed by atoms with Crippen LogP contribution in [0.3, 0.4) is 0 Å². The third-order valence-electron chi connectivity index (χ3n) is 2.27. The van der Waals surface area contributed by atoms with Crippen molar-refractivity contribution < 1.29 is 13.2 Å². The van der Waals surface area contributed by atoms with Crippen LogP contribution >= 0.6 is 0 Å². The molecule has 0 rings (SSSR count). The van der Waals surface area contributed by atoms with E-state index in [2.05, 4.69) is 13.2 Å². The van der Waals surface area contributed by atoms with Crippen LogP contribution in [0.25, 0.3) is 0 Å². The number of halogens is 3. The van der Waals surface area contributed by atoms with Gasteiger partial charge in [-0.15, -0.1) is 0 Å². The van der Waals surface area contributed by atoms with Crippen molar-refractivity contribution in [2.75, 3.05) is 0 Å². The van der Waals surface area contributed by atoms with Gasteiger partial charge in [0, 0.05) is 0 Å². The van der Waals surface area contributed by atoms with Crippen LogP contribution in [-0.2, 0) is 0 Å². The van der Waals surface area contributed by atoms with Crippen molar-refractivity contribution in [2.45, 2.75) is 26.9 Å². The molecule has 0 aliphatic heterocycles. The highest BCUT2D eigenvalue weighted by molar-refractivity contribution is 5.24. The first-order valence-corrected chi connectivity index (χ1v) is 3.52. The van der Waals surface area contributed by atoms with Gasteiger partial charge in [0.25, 0.3) is 0 Å². The van der Waals surface area contributed by atoms with Crippen LogP contribution in [-0.4, -0.2) is 6.18 Å². The molecule has 0 amide bonds. The van der Waals surface area contributed by atoms with Crippen LogP contribution in [0.15, 0.2) is 24.3 Å². The standard InChI is InChI=1S/C9H13F3/c1-6(2)8(5,7(3)4)9(10,11)12/h1,3H2,2,4-5H3. The van der Waals surface area contributed by atoms with E-state index in [1.165, 1.54) is 13.8 Å². The lowest BCUT2D eigenvalue weighted by Crippen LogP contribution is -2.36. The van der Waals surface area contributed by atoms with Crippen molar-refractivity contribution in [1.29, 1.82) is 0 Å². The van der Waals surface area contributed by atoms with Crippen LogP contribution in [0, 0.1) is 5.41 Å². The van der Waals surface area contributed by atoms with Crippen molar-refractivity contribution >= 4 is 0 Å². The van der Waals surface area contributed by atoms with E-state index in [1.54, 1.807) is 0 Å². The quantitative estimate of drug-likeness (QED) is 0.565. The molecule has 0 fully saturated rings. The molecule has 0 atom stereocenters. The fourth-order valence-electron chi connectivity index (χ4n) is 0.848. The monoisotopic (exact) mass is 178 g/mol. The Labute approximate surface area is 70.8 Å². The molecule has 0 radical (unpaired) electrons. The minimum absolute atomic E-state index is 0.0718. The van der Waals surface area contributed by atoms with Gasteiger partial charge in [-0.3, -0.25) is 0 Å². The van der Waals surface area contributed by atoms with Crippen LogP contribution < -0.4 is 0 Å². The maximum Gasteiger partial charge on any atom is 0.401 e. The zero-order valence-electron chi connectivity index (χ0n) is 7.55. The molecule has 0 saturated carbocycles. The molecule has 0 aliphatic carbocycles. The average Bonchev–Trinajstić information content (AvgIpc) is 1.82. The van der Waals surface area contributed by atoms with Gasteiger partial charge in [-0.05, 0) is 20.8 Å². The van der Waals surface area contributed by atoms with E-state index < -0.39 is 11.6 Å². The smallest absolute Gasteiger partial charge is 0.170 e. The van der Waals surface area contributed by atoms with Gasteiger partial charge in [-0.2, -0.15) is 13.2 Å². The number of rotatable bonds is 2. The van der Waals surface area contributed by atoms with Crippen LogP contribution in [0.4, 0.5) is 13.2 Å². The van der Waals surface area contributed by atoms with E-state index in [9.17, 15) is 13.2 Å². The van der Waals surface area contributed by atoms with Crippen molar-refractivity contribution in [3.63, 3.8) is 0 Å². The Morgan fingerprint density at radius 1 is 1.00 bits per heavy atom. The summed E-state index contributed by atoms with van der Waals surface area (Å²) in [6, 6.07) is 0. The van der Waals surface area contributed by atoms with Gasteiger partial charge >= 0.3 is 6.18 Å². The first-order chi connectivity index (χ1) is 5.14. The Bertz CT molecular complexity index is 196. The summed E-state index contributed by atoms with van der Waals surface area (Å²) in [4.78, 5) is 0. The van der Waals surface area contributed by atoms with E-state index in [1.807, 2.05) is 0 Å². The topological polar surface area (TPSA) is 0 Å². The molecular weight excluding hydrogens is 165 g/mol. The molecule has 0 aromatic heterocycles. The van der Waals surface area contributed by atoms with Crippen LogP contribution in [0.5, 0.6) is 0 Å². The van der Waals surface area contributed by atoms with Crippen molar-refractivity contribution in [2.24, 2.45) is 5.41 Å². The Kier molecular flexibility index (Phi) is 2.78. The molecule has 0 aromatic rings. The molecule has 0 nitrogen and oxygen atoms in total. The predicted molar refractivity (Wildman–Crippen MR) is 43.8 cm³/mol. The number of hydrogen-bond acceptors (Lipinski definition) is 0. The molecular formula is C9H13F3. The lowest BCUT2D eigenvalue weighted by atomic mass is 9.77. The van der Waals surface area contributed by atoms with Gasteiger partial charge in [0.05, 0.1) is 0 Å². The molecule has 0 saturated heterocycles. The molecule has 3 heteroatoms. The summed E-state index contributed by atoms with van der Waals surface area (Å²) in [5.74, 6) is 0. The van der Waals surface area contributed by atoms with E-state index >= 15 is 0 Å². The second-order valence-electron chi connectivity index (χ2n) is 3.18. The van der Waals surface area contributed by atoms with E-state index in [-0.39, 0.29) is 11.1 Å². The predicted octanol–water partition coefficient (Wildman–Crippen LogP) is 3.71. The van der Waals surface area contributed by atoms with E-state index in [0.29, 0.717) is 0 Å². The summed E-state index contributed by atoms with van der Waals surface area (Å²) in [7, 11) is 0. The normalized spacial score (nSPS) is 12.8. The zero-order chi connectivity index (χ0) is 10.2. The van der Waals surface area contributed by atoms with Gasteiger partial charge in [0.15, 0.2) is 0 Å². The Balaban J connectivity index is 5.17. The summed E-state index contributed by atoms with van der Waals surface area (Å²) >= 11 is 0. The summed E-state index contributed by atoms with van der Waals surface area (Å²) in [6.07, 6.45) is -4.30. The Morgan fingerprint density at radius 2 is 1.25 bits per heavy atom. The fraction of sp³-hybridized carbons (Fsp3) is 0.556. The van der Waals surface area contributed by atoms with Gasteiger partial charge in [0.2, 0.25) is 0 Å². The molecule has 0 spiro atoms. The number of allylic oxidation sites excluding steroid dienone is 2. The molecule has 0 aliphatic rings. The highest BCUT2D eigenvalue weighted by atomic mass is 19.4. The summed E-state index contributed by atoms with van der Waals surface area (Å²) in [5, 5.41) is 0. The SMILES string of the molecule is C=C(C)C(C)(C(=C)C)C(F)(F)F. The third-order valence-corrected chi connectivity index (χ3v) is 2.27. The fourth-order valence-corrected chi connectivity index (χ4v) is 0.848. The second kappa shape index (κ2) is 2.96. The van der Waals surface area contributed by atoms with Crippen LogP contribution in [0.1, 0.15) is 20.8 Å². The maximum atomic E-state index is 12.5. The van der Waals surface area contributed by atoms with E-state index in [4.69, 9.17) is 0 Å². The Morgan fingerprint density at radius 3 is 1.25 bits per heavy atom. The average molecular weight is 178 g/mol. The van der Waals surface area contributed by atoms with Crippen molar-refractivity contribution in [1.82, 2.24) is 0 Å². The van der Waals surface area contributed by atoms with Crippen LogP contribution in [0.2, 0.25) is 0 Å². The molecule has 70 valence electrons. The number of hydrogen-bond donors (Lipinski definition) is 0. The third kappa shape index (κ3) is 1.54. The largest absolute Gasteiger partial charge is 0.401 e.